The molecule has 1 amide bonds. The van der Waals surface area contributed by atoms with Gasteiger partial charge >= 0.3 is 6.36 Å². The van der Waals surface area contributed by atoms with Gasteiger partial charge in [0.1, 0.15) is 5.75 Å². The molecule has 4 nitrogen and oxygen atoms in total. The van der Waals surface area contributed by atoms with Gasteiger partial charge in [-0.1, -0.05) is 0 Å². The molecule has 2 N–H and O–H groups in total. The van der Waals surface area contributed by atoms with Crippen molar-refractivity contribution in [2.75, 3.05) is 22.9 Å². The van der Waals surface area contributed by atoms with Crippen LogP contribution in [0.1, 0.15) is 6.42 Å². The number of thiol groups is 1. The van der Waals surface area contributed by atoms with Crippen molar-refractivity contribution in [1.29, 1.82) is 0 Å². The highest BCUT2D eigenvalue weighted by molar-refractivity contribution is 7.80. The number of ether oxygens (including phenoxy) is 1. The normalized spacial score (nSPS) is 19.5. The van der Waals surface area contributed by atoms with Crippen molar-refractivity contribution >= 4 is 29.9 Å². The predicted molar refractivity (Wildman–Crippen MR) is 71.9 cm³/mol. The molecule has 110 valence electrons. The summed E-state index contributed by atoms with van der Waals surface area (Å²) in [7, 11) is 0. The second-order valence-electron chi connectivity index (χ2n) is 4.53. The summed E-state index contributed by atoms with van der Waals surface area (Å²) in [6.45, 7) is 0.464. The van der Waals surface area contributed by atoms with Gasteiger partial charge in [0.15, 0.2) is 0 Å². The van der Waals surface area contributed by atoms with E-state index in [9.17, 15) is 18.0 Å². The highest BCUT2D eigenvalue weighted by Gasteiger charge is 2.33. The minimum Gasteiger partial charge on any atom is -0.406 e. The Kier molecular flexibility index (Phi) is 4.03. The van der Waals surface area contributed by atoms with Gasteiger partial charge in [-0.3, -0.25) is 4.79 Å². The quantitative estimate of drug-likeness (QED) is 0.666. The number of nitrogens with two attached hydrogens (primary N) is 1. The summed E-state index contributed by atoms with van der Waals surface area (Å²) < 4.78 is 40.1. The Morgan fingerprint density at radius 1 is 1.45 bits per heavy atom. The van der Waals surface area contributed by atoms with Crippen molar-refractivity contribution in [3.63, 3.8) is 0 Å². The lowest BCUT2D eigenvalue weighted by atomic mass is 10.1. The van der Waals surface area contributed by atoms with E-state index >= 15 is 0 Å². The molecule has 1 aliphatic rings. The summed E-state index contributed by atoms with van der Waals surface area (Å²) in [6.07, 6.45) is -4.40. The van der Waals surface area contributed by atoms with E-state index in [4.69, 9.17) is 5.73 Å². The topological polar surface area (TPSA) is 55.6 Å². The Hall–Kier alpha value is -1.57. The van der Waals surface area contributed by atoms with Gasteiger partial charge in [-0.25, -0.2) is 0 Å². The van der Waals surface area contributed by atoms with E-state index in [1.54, 1.807) is 0 Å². The van der Waals surface area contributed by atoms with Crippen LogP contribution in [0.5, 0.6) is 5.75 Å². The molecule has 1 atom stereocenters. The second kappa shape index (κ2) is 5.43. The fourth-order valence-corrected chi connectivity index (χ4v) is 2.36. The van der Waals surface area contributed by atoms with Gasteiger partial charge < -0.3 is 15.4 Å². The average Bonchev–Trinajstić information content (AvgIpc) is 2.69. The van der Waals surface area contributed by atoms with Crippen LogP contribution in [0.2, 0.25) is 0 Å². The highest BCUT2D eigenvalue weighted by atomic mass is 32.1. The van der Waals surface area contributed by atoms with Crippen molar-refractivity contribution in [2.45, 2.75) is 12.8 Å². The van der Waals surface area contributed by atoms with Crippen molar-refractivity contribution in [2.24, 2.45) is 5.92 Å². The zero-order chi connectivity index (χ0) is 14.9. The number of alkyl halides is 3. The predicted octanol–water partition coefficient (Wildman–Crippen LogP) is 2.45. The molecule has 1 aliphatic heterocycles. The first kappa shape index (κ1) is 14.8. The molecule has 0 aromatic heterocycles. The van der Waals surface area contributed by atoms with Crippen LogP contribution < -0.4 is 15.4 Å². The van der Waals surface area contributed by atoms with Gasteiger partial charge in [-0.05, 0) is 23.8 Å². The third-order valence-electron chi connectivity index (χ3n) is 2.99. The van der Waals surface area contributed by atoms with Gasteiger partial charge in [0, 0.05) is 19.0 Å². The number of amides is 1. The number of anilines is 2. The molecule has 0 spiro atoms. The van der Waals surface area contributed by atoms with Crippen LogP contribution in [0.4, 0.5) is 24.5 Å². The Balaban J connectivity index is 2.20. The summed E-state index contributed by atoms with van der Waals surface area (Å²) in [5.74, 6) is 0.171. The van der Waals surface area contributed by atoms with Crippen LogP contribution >= 0.6 is 12.6 Å². The number of benzene rings is 1. The van der Waals surface area contributed by atoms with Gasteiger partial charge in [0.05, 0.1) is 11.4 Å². The highest BCUT2D eigenvalue weighted by Crippen LogP contribution is 2.34. The van der Waals surface area contributed by atoms with E-state index in [0.29, 0.717) is 24.4 Å². The molecule has 0 saturated carbocycles. The Bertz CT molecular complexity index is 522. The molecule has 1 heterocycles. The molecule has 20 heavy (non-hydrogen) atoms. The number of carbonyl (C=O) groups is 1. The molecule has 1 unspecified atom stereocenters. The molecular weight excluding hydrogens is 293 g/mol. The summed E-state index contributed by atoms with van der Waals surface area (Å²) in [6, 6.07) is 3.56. The monoisotopic (exact) mass is 306 g/mol. The minimum absolute atomic E-state index is 0.0694. The molecule has 8 heteroatoms. The summed E-state index contributed by atoms with van der Waals surface area (Å²) in [5, 5.41) is 0. The van der Waals surface area contributed by atoms with Gasteiger partial charge in [-0.2, -0.15) is 12.6 Å². The maximum absolute atomic E-state index is 12.1. The van der Waals surface area contributed by atoms with Gasteiger partial charge in [0.25, 0.3) is 0 Å². The number of nitrogens with zero attached hydrogens (tertiary/aromatic N) is 1. The fourth-order valence-electron chi connectivity index (χ4n) is 2.11. The Morgan fingerprint density at radius 3 is 2.65 bits per heavy atom. The molecular formula is C12H13F3N2O2S. The first-order valence-corrected chi connectivity index (χ1v) is 6.50. The average molecular weight is 306 g/mol. The van der Waals surface area contributed by atoms with E-state index in [2.05, 4.69) is 17.4 Å². The van der Waals surface area contributed by atoms with Crippen LogP contribution in [0, 0.1) is 5.92 Å². The first-order chi connectivity index (χ1) is 9.30. The van der Waals surface area contributed by atoms with Crippen molar-refractivity contribution in [3.05, 3.63) is 18.2 Å². The zero-order valence-electron chi connectivity index (χ0n) is 10.4. The van der Waals surface area contributed by atoms with Crippen molar-refractivity contribution in [1.82, 2.24) is 0 Å². The van der Waals surface area contributed by atoms with Gasteiger partial charge in [-0.15, -0.1) is 13.2 Å². The standard InChI is InChI=1S/C12H13F3N2O2S/c13-12(14,15)19-8-1-2-10(9(16)4-8)17-5-7(6-20)3-11(17)18/h1-2,4,7,20H,3,5-6,16H2. The third kappa shape index (κ3) is 3.30. The first-order valence-electron chi connectivity index (χ1n) is 5.86. The minimum atomic E-state index is -4.77. The molecule has 0 bridgehead atoms. The molecule has 2 rings (SSSR count). The van der Waals surface area contributed by atoms with Crippen LogP contribution in [-0.2, 0) is 4.79 Å². The molecule has 0 radical (unpaired) electrons. The molecule has 1 aromatic carbocycles. The van der Waals surface area contributed by atoms with E-state index in [-0.39, 0.29) is 17.5 Å². The zero-order valence-corrected chi connectivity index (χ0v) is 11.2. The van der Waals surface area contributed by atoms with Crippen molar-refractivity contribution < 1.29 is 22.7 Å². The lowest BCUT2D eigenvalue weighted by molar-refractivity contribution is -0.274. The SMILES string of the molecule is Nc1cc(OC(F)(F)F)ccc1N1CC(CS)CC1=O. The largest absolute Gasteiger partial charge is 0.573 e. The number of carbonyl (C=O) groups excluding carboxylic acids is 1. The maximum Gasteiger partial charge on any atom is 0.573 e. The van der Waals surface area contributed by atoms with Crippen LogP contribution in [-0.4, -0.2) is 24.6 Å². The lowest BCUT2D eigenvalue weighted by Crippen LogP contribution is -2.25. The molecule has 1 aromatic rings. The Morgan fingerprint density at radius 2 is 2.15 bits per heavy atom. The van der Waals surface area contributed by atoms with Gasteiger partial charge in [0.2, 0.25) is 5.91 Å². The summed E-state index contributed by atoms with van der Waals surface area (Å²) >= 11 is 4.14. The second-order valence-corrected chi connectivity index (χ2v) is 4.89. The van der Waals surface area contributed by atoms with E-state index < -0.39 is 12.1 Å². The Labute approximate surface area is 119 Å². The third-order valence-corrected chi connectivity index (χ3v) is 3.50. The van der Waals surface area contributed by atoms with Crippen molar-refractivity contribution in [3.8, 4) is 5.75 Å². The molecule has 0 aliphatic carbocycles. The number of nitrogen functional groups attached to an aromatic ring is 1. The fraction of sp³-hybridized carbons (Fsp3) is 0.417. The smallest absolute Gasteiger partial charge is 0.406 e. The van der Waals surface area contributed by atoms with E-state index in [1.165, 1.54) is 11.0 Å². The maximum atomic E-state index is 12.1. The van der Waals surface area contributed by atoms with Crippen LogP contribution in [0.3, 0.4) is 0 Å². The molecule has 1 saturated heterocycles. The van der Waals surface area contributed by atoms with E-state index in [0.717, 1.165) is 12.1 Å². The molecule has 1 fully saturated rings. The van der Waals surface area contributed by atoms with Crippen LogP contribution in [0.25, 0.3) is 0 Å². The van der Waals surface area contributed by atoms with E-state index in [1.807, 2.05) is 0 Å². The number of hydrogen-bond acceptors (Lipinski definition) is 4. The lowest BCUT2D eigenvalue weighted by Gasteiger charge is -2.19. The summed E-state index contributed by atoms with van der Waals surface area (Å²) in [4.78, 5) is 13.3. The number of rotatable bonds is 3. The number of halogens is 3. The summed E-state index contributed by atoms with van der Waals surface area (Å²) in [5.41, 5.74) is 6.18. The van der Waals surface area contributed by atoms with Crippen LogP contribution in [0.15, 0.2) is 18.2 Å². The number of hydrogen-bond donors (Lipinski definition) is 2.